The summed E-state index contributed by atoms with van der Waals surface area (Å²) < 4.78 is 21.6. The van der Waals surface area contributed by atoms with E-state index in [0.29, 0.717) is 19.3 Å². The Morgan fingerprint density at radius 1 is 1.18 bits per heavy atom. The Morgan fingerprint density at radius 2 is 1.95 bits per heavy atom. The van der Waals surface area contributed by atoms with Crippen molar-refractivity contribution in [2.24, 2.45) is 0 Å². The van der Waals surface area contributed by atoms with Gasteiger partial charge in [-0.1, -0.05) is 18.2 Å². The first-order chi connectivity index (χ1) is 17.9. The van der Waals surface area contributed by atoms with Gasteiger partial charge < -0.3 is 19.4 Å². The molecule has 38 heavy (non-hydrogen) atoms. The van der Waals surface area contributed by atoms with E-state index in [-0.39, 0.29) is 6.61 Å². The third-order valence-electron chi connectivity index (χ3n) is 6.93. The molecule has 8 heteroatoms. The number of H-pyrrole nitrogens is 1. The molecule has 6 nitrogen and oxygen atoms in total. The summed E-state index contributed by atoms with van der Waals surface area (Å²) in [6.45, 7) is 8.01. The van der Waals surface area contributed by atoms with Crippen LogP contribution in [0.25, 0.3) is 21.9 Å². The molecule has 208 valence electrons. The number of aliphatic hydroxyl groups is 1. The summed E-state index contributed by atoms with van der Waals surface area (Å²) in [4.78, 5) is 10.1. The van der Waals surface area contributed by atoms with Crippen molar-refractivity contribution in [2.45, 2.75) is 58.8 Å². The number of ether oxygens (including phenoxy) is 1. The number of aromatic amines is 1. The van der Waals surface area contributed by atoms with E-state index in [1.165, 1.54) is 22.2 Å². The van der Waals surface area contributed by atoms with E-state index in [0.717, 1.165) is 42.1 Å². The van der Waals surface area contributed by atoms with Crippen LogP contribution in [0.2, 0.25) is 0 Å². The van der Waals surface area contributed by atoms with Gasteiger partial charge in [0.15, 0.2) is 0 Å². The molecule has 3 aromatic heterocycles. The number of hydrogen-bond donors (Lipinski definition) is 2. The molecule has 1 atom stereocenters. The monoisotopic (exact) mass is 542 g/mol. The van der Waals surface area contributed by atoms with Gasteiger partial charge >= 0.3 is 0 Å². The summed E-state index contributed by atoms with van der Waals surface area (Å²) in [5, 5.41) is 11.8. The van der Waals surface area contributed by atoms with Crippen LogP contribution in [0.5, 0.6) is 0 Å². The summed E-state index contributed by atoms with van der Waals surface area (Å²) in [7, 11) is -0.523. The van der Waals surface area contributed by atoms with Gasteiger partial charge in [-0.05, 0) is 75.8 Å². The van der Waals surface area contributed by atoms with Gasteiger partial charge in [0.2, 0.25) is 0 Å². The highest BCUT2D eigenvalue weighted by molar-refractivity contribution is 8.32. The molecule has 1 aliphatic rings. The Bertz CT molecular complexity index is 1350. The van der Waals surface area contributed by atoms with Gasteiger partial charge in [-0.3, -0.25) is 4.90 Å². The van der Waals surface area contributed by atoms with Crippen LogP contribution in [-0.2, 0) is 31.0 Å². The average molecular weight is 543 g/mol. The molecule has 4 aromatic rings. The summed E-state index contributed by atoms with van der Waals surface area (Å²) in [5.41, 5.74) is 4.43. The van der Waals surface area contributed by atoms with Crippen LogP contribution < -0.4 is 0 Å². The van der Waals surface area contributed by atoms with Crippen LogP contribution in [0.1, 0.15) is 37.7 Å². The van der Waals surface area contributed by atoms with E-state index < -0.39 is 15.7 Å². The Labute approximate surface area is 227 Å². The second-order valence-corrected chi connectivity index (χ2v) is 16.4. The van der Waals surface area contributed by atoms with Crippen molar-refractivity contribution in [1.82, 2.24) is 19.4 Å². The predicted molar refractivity (Wildman–Crippen MR) is 159 cm³/mol. The van der Waals surface area contributed by atoms with Crippen LogP contribution in [0, 0.1) is 0 Å². The first-order valence-corrected chi connectivity index (χ1v) is 16.3. The van der Waals surface area contributed by atoms with Crippen LogP contribution >= 0.6 is 10.0 Å². The standard InChI is InChI=1S/C16H21FN2.C14H22N2O2S/c1-11-8-13-12-6-4-5-7-14(12)18-15(13)9-19(11)10-16(2,3)17;1-19(2,3)8-7-18-11-16-13(10-17)9-12-5-4-6-15-14(12)16/h4-7,11,18H,8-10H2,1-3H3;4-6,9,17H,7-8,10-11H2,1-3H3. The summed E-state index contributed by atoms with van der Waals surface area (Å²) >= 11 is 0. The maximum absolute atomic E-state index is 13.9. The van der Waals surface area contributed by atoms with E-state index in [4.69, 9.17) is 4.74 Å². The van der Waals surface area contributed by atoms with E-state index in [9.17, 15) is 9.50 Å². The highest BCUT2D eigenvalue weighted by Gasteiger charge is 2.30. The van der Waals surface area contributed by atoms with Crippen molar-refractivity contribution in [3.63, 3.8) is 0 Å². The van der Waals surface area contributed by atoms with Gasteiger partial charge in [-0.25, -0.2) is 19.4 Å². The molecule has 0 saturated heterocycles. The number of rotatable bonds is 8. The van der Waals surface area contributed by atoms with Crippen LogP contribution in [0.3, 0.4) is 0 Å². The maximum Gasteiger partial charge on any atom is 0.142 e. The molecule has 0 bridgehead atoms. The lowest BCUT2D eigenvalue weighted by atomic mass is 9.96. The number of para-hydroxylation sites is 1. The highest BCUT2D eigenvalue weighted by Crippen LogP contribution is 2.34. The molecule has 1 aliphatic heterocycles. The van der Waals surface area contributed by atoms with Crippen LogP contribution in [-0.4, -0.2) is 73.9 Å². The Kier molecular flexibility index (Phi) is 8.87. The van der Waals surface area contributed by atoms with Crippen molar-refractivity contribution in [3.8, 4) is 0 Å². The maximum atomic E-state index is 13.9. The Balaban J connectivity index is 0.000000177. The number of aliphatic hydroxyl groups excluding tert-OH is 1. The number of nitrogens with one attached hydrogen (secondary N) is 1. The van der Waals surface area contributed by atoms with Gasteiger partial charge in [0, 0.05) is 58.8 Å². The second-order valence-electron chi connectivity index (χ2n) is 11.8. The fraction of sp³-hybridized carbons (Fsp3) is 0.500. The molecule has 5 rings (SSSR count). The van der Waals surface area contributed by atoms with E-state index in [1.807, 2.05) is 22.8 Å². The molecule has 0 aliphatic carbocycles. The Hall–Kier alpha value is -2.39. The molecular weight excluding hydrogens is 499 g/mol. The fourth-order valence-electron chi connectivity index (χ4n) is 4.98. The first-order valence-electron chi connectivity index (χ1n) is 13.2. The molecular formula is C30H43FN4O2S. The smallest absolute Gasteiger partial charge is 0.142 e. The lowest BCUT2D eigenvalue weighted by Gasteiger charge is -2.36. The van der Waals surface area contributed by atoms with Crippen LogP contribution in [0.4, 0.5) is 4.39 Å². The molecule has 1 aromatic carbocycles. The van der Waals surface area contributed by atoms with Crippen molar-refractivity contribution < 1.29 is 14.2 Å². The fourth-order valence-corrected chi connectivity index (χ4v) is 5.60. The summed E-state index contributed by atoms with van der Waals surface area (Å²) in [6, 6.07) is 14.7. The zero-order valence-electron chi connectivity index (χ0n) is 23.6. The van der Waals surface area contributed by atoms with Crippen molar-refractivity contribution in [2.75, 3.05) is 37.7 Å². The second kappa shape index (κ2) is 11.8. The molecule has 2 N–H and O–H groups in total. The lowest BCUT2D eigenvalue weighted by molar-refractivity contribution is 0.0853. The van der Waals surface area contributed by atoms with Crippen LogP contribution in [0.15, 0.2) is 48.7 Å². The predicted octanol–water partition coefficient (Wildman–Crippen LogP) is 5.86. The third-order valence-corrected chi connectivity index (χ3v) is 8.32. The average Bonchev–Trinajstić information content (AvgIpc) is 3.38. The largest absolute Gasteiger partial charge is 0.390 e. The van der Waals surface area contributed by atoms with Crippen molar-refractivity contribution in [3.05, 3.63) is 65.6 Å². The number of alkyl halides is 1. The zero-order valence-corrected chi connectivity index (χ0v) is 24.4. The molecule has 0 spiro atoms. The topological polar surface area (TPSA) is 66.3 Å². The van der Waals surface area contributed by atoms with E-state index in [2.05, 4.69) is 64.8 Å². The zero-order chi connectivity index (χ0) is 27.5. The number of hydrogen-bond acceptors (Lipinski definition) is 4. The third kappa shape index (κ3) is 7.17. The van der Waals surface area contributed by atoms with E-state index >= 15 is 0 Å². The van der Waals surface area contributed by atoms with Gasteiger partial charge in [0.25, 0.3) is 0 Å². The van der Waals surface area contributed by atoms with Crippen molar-refractivity contribution >= 4 is 32.0 Å². The Morgan fingerprint density at radius 3 is 2.66 bits per heavy atom. The molecule has 0 fully saturated rings. The summed E-state index contributed by atoms with van der Waals surface area (Å²) in [6.07, 6.45) is 9.60. The highest BCUT2D eigenvalue weighted by atomic mass is 32.3. The molecule has 1 unspecified atom stereocenters. The lowest BCUT2D eigenvalue weighted by Crippen LogP contribution is -2.44. The first kappa shape index (κ1) is 28.6. The van der Waals surface area contributed by atoms with Gasteiger partial charge in [-0.15, -0.1) is 0 Å². The molecule has 0 saturated carbocycles. The normalized spacial score (nSPS) is 16.9. The quantitative estimate of drug-likeness (QED) is 0.274. The molecule has 4 heterocycles. The summed E-state index contributed by atoms with van der Waals surface area (Å²) in [5.74, 6) is 1.09. The van der Waals surface area contributed by atoms with Crippen molar-refractivity contribution in [1.29, 1.82) is 0 Å². The molecule has 0 amide bonds. The van der Waals surface area contributed by atoms with Gasteiger partial charge in [0.1, 0.15) is 18.0 Å². The number of benzene rings is 1. The number of aromatic nitrogens is 3. The minimum atomic E-state index is -1.14. The number of halogens is 1. The minimum absolute atomic E-state index is 0.00421. The van der Waals surface area contributed by atoms with Gasteiger partial charge in [0.05, 0.1) is 13.2 Å². The SMILES string of the molecule is CC1Cc2c([nH]c3ccccc23)CN1CC(C)(C)F.CS(C)(C)CCOCn1c(CO)cc2cccnc21. The number of fused-ring (bicyclic) bond motifs is 4. The van der Waals surface area contributed by atoms with Gasteiger partial charge in [-0.2, -0.15) is 0 Å². The number of pyridine rings is 1. The van der Waals surface area contributed by atoms with E-state index in [1.54, 1.807) is 20.0 Å². The molecule has 0 radical (unpaired) electrons. The number of nitrogens with zero attached hydrogens (tertiary/aromatic N) is 3. The minimum Gasteiger partial charge on any atom is -0.390 e.